The van der Waals surface area contributed by atoms with Crippen LogP contribution in [-0.2, 0) is 21.2 Å². The lowest BCUT2D eigenvalue weighted by atomic mass is 10.2. The summed E-state index contributed by atoms with van der Waals surface area (Å²) in [4.78, 5) is 33.2. The van der Waals surface area contributed by atoms with Crippen molar-refractivity contribution in [1.82, 2.24) is 28.8 Å². The van der Waals surface area contributed by atoms with Crippen molar-refractivity contribution in [1.29, 1.82) is 0 Å². The number of carboxylic acid groups (broad SMARTS) is 1. The summed E-state index contributed by atoms with van der Waals surface area (Å²) in [6.07, 6.45) is 2.08. The number of H-pyrrole nitrogens is 1. The maximum atomic E-state index is 13.6. The Kier molecular flexibility index (Phi) is 8.48. The number of benzene rings is 1. The molecule has 3 aromatic rings. The Labute approximate surface area is 221 Å². The van der Waals surface area contributed by atoms with E-state index in [0.29, 0.717) is 80.5 Å². The maximum absolute atomic E-state index is 13.6. The lowest BCUT2D eigenvalue weighted by Gasteiger charge is -2.34. The van der Waals surface area contributed by atoms with E-state index < -0.39 is 16.0 Å². The SMILES string of the molecule is CCCc1nc(C)c2c(=O)[nH]c(-c3cc(S(=O)(=O)N4CCN(CCCC(=O)O)CC4)ccc3OCC)nn12. The molecule has 2 aromatic heterocycles. The zero-order chi connectivity index (χ0) is 27.4. The highest BCUT2D eigenvalue weighted by atomic mass is 32.2. The number of piperazine rings is 1. The third kappa shape index (κ3) is 5.74. The van der Waals surface area contributed by atoms with E-state index in [4.69, 9.17) is 9.84 Å². The summed E-state index contributed by atoms with van der Waals surface area (Å²) in [5.74, 6) is 0.430. The average Bonchev–Trinajstić information content (AvgIpc) is 3.20. The van der Waals surface area contributed by atoms with E-state index in [-0.39, 0.29) is 22.7 Å². The van der Waals surface area contributed by atoms with Gasteiger partial charge in [-0.15, -0.1) is 5.10 Å². The number of aryl methyl sites for hydroxylation is 2. The number of hydrogen-bond acceptors (Lipinski definition) is 8. The van der Waals surface area contributed by atoms with Crippen LogP contribution >= 0.6 is 0 Å². The van der Waals surface area contributed by atoms with Crippen LogP contribution in [0.25, 0.3) is 16.9 Å². The van der Waals surface area contributed by atoms with Crippen LogP contribution in [0, 0.1) is 6.92 Å². The van der Waals surface area contributed by atoms with Crippen LogP contribution in [0.2, 0.25) is 0 Å². The van der Waals surface area contributed by atoms with Crippen LogP contribution in [-0.4, -0.2) is 87.6 Å². The molecule has 4 rings (SSSR count). The van der Waals surface area contributed by atoms with Crippen LogP contribution in [0.1, 0.15) is 44.6 Å². The van der Waals surface area contributed by atoms with Crippen LogP contribution in [0.3, 0.4) is 0 Å². The van der Waals surface area contributed by atoms with Crippen molar-refractivity contribution in [2.24, 2.45) is 0 Å². The minimum absolute atomic E-state index is 0.0774. The third-order valence-electron chi connectivity index (χ3n) is 6.56. The summed E-state index contributed by atoms with van der Waals surface area (Å²) in [6, 6.07) is 4.58. The van der Waals surface area contributed by atoms with Crippen molar-refractivity contribution in [3.63, 3.8) is 0 Å². The van der Waals surface area contributed by atoms with E-state index in [0.717, 1.165) is 6.42 Å². The summed E-state index contributed by atoms with van der Waals surface area (Å²) in [6.45, 7) is 8.20. The number of carboxylic acids is 1. The first-order chi connectivity index (χ1) is 18.1. The van der Waals surface area contributed by atoms with Gasteiger partial charge in [0.05, 0.1) is 22.8 Å². The molecule has 0 spiro atoms. The number of sulfonamides is 1. The second-order valence-electron chi connectivity index (χ2n) is 9.26. The van der Waals surface area contributed by atoms with Crippen molar-refractivity contribution >= 4 is 21.5 Å². The fourth-order valence-corrected chi connectivity index (χ4v) is 6.12. The highest BCUT2D eigenvalue weighted by molar-refractivity contribution is 7.89. The summed E-state index contributed by atoms with van der Waals surface area (Å²) in [5.41, 5.74) is 0.947. The van der Waals surface area contributed by atoms with Crippen molar-refractivity contribution in [3.05, 3.63) is 40.1 Å². The minimum Gasteiger partial charge on any atom is -0.493 e. The number of fused-ring (bicyclic) bond motifs is 1. The van der Waals surface area contributed by atoms with Gasteiger partial charge in [0, 0.05) is 39.0 Å². The Morgan fingerprint density at radius 1 is 1.18 bits per heavy atom. The van der Waals surface area contributed by atoms with Crippen molar-refractivity contribution in [3.8, 4) is 17.1 Å². The number of carbonyl (C=O) groups is 1. The number of imidazole rings is 1. The molecule has 1 fully saturated rings. The van der Waals surface area contributed by atoms with E-state index in [1.165, 1.54) is 21.0 Å². The van der Waals surface area contributed by atoms with Gasteiger partial charge >= 0.3 is 5.97 Å². The first-order valence-corrected chi connectivity index (χ1v) is 14.3. The van der Waals surface area contributed by atoms with Crippen LogP contribution in [0.4, 0.5) is 0 Å². The number of nitrogens with one attached hydrogen (secondary N) is 1. The highest BCUT2D eigenvalue weighted by Gasteiger charge is 2.29. The molecule has 0 amide bonds. The fraction of sp³-hybridized carbons (Fsp3) is 0.520. The van der Waals surface area contributed by atoms with Gasteiger partial charge < -0.3 is 19.7 Å². The van der Waals surface area contributed by atoms with Gasteiger partial charge in [-0.2, -0.15) is 4.31 Å². The molecule has 1 aliphatic heterocycles. The van der Waals surface area contributed by atoms with E-state index >= 15 is 0 Å². The lowest BCUT2D eigenvalue weighted by molar-refractivity contribution is -0.137. The smallest absolute Gasteiger partial charge is 0.303 e. The Bertz CT molecular complexity index is 1470. The summed E-state index contributed by atoms with van der Waals surface area (Å²) < 4.78 is 35.8. The summed E-state index contributed by atoms with van der Waals surface area (Å²) >= 11 is 0. The quantitative estimate of drug-likeness (QED) is 0.368. The first-order valence-electron chi connectivity index (χ1n) is 12.9. The number of hydrogen-bond donors (Lipinski definition) is 2. The molecule has 1 saturated heterocycles. The number of aromatic nitrogens is 4. The second kappa shape index (κ2) is 11.6. The number of aromatic amines is 1. The predicted octanol–water partition coefficient (Wildman–Crippen LogP) is 1.92. The van der Waals surface area contributed by atoms with Gasteiger partial charge in [-0.05, 0) is 51.4 Å². The van der Waals surface area contributed by atoms with Gasteiger partial charge in [0.15, 0.2) is 11.3 Å². The average molecular weight is 547 g/mol. The molecular formula is C25H34N6O6S. The summed E-state index contributed by atoms with van der Waals surface area (Å²) in [5, 5.41) is 13.5. The lowest BCUT2D eigenvalue weighted by Crippen LogP contribution is -2.48. The molecule has 0 atom stereocenters. The maximum Gasteiger partial charge on any atom is 0.303 e. The van der Waals surface area contributed by atoms with Gasteiger partial charge in [-0.1, -0.05) is 6.92 Å². The molecule has 206 valence electrons. The van der Waals surface area contributed by atoms with E-state index in [1.807, 2.05) is 13.8 Å². The van der Waals surface area contributed by atoms with Crippen molar-refractivity contribution < 1.29 is 23.1 Å². The molecule has 12 nitrogen and oxygen atoms in total. The summed E-state index contributed by atoms with van der Waals surface area (Å²) in [7, 11) is -3.83. The Balaban J connectivity index is 1.66. The minimum atomic E-state index is -3.83. The van der Waals surface area contributed by atoms with Gasteiger partial charge in [0.2, 0.25) is 10.0 Å². The largest absolute Gasteiger partial charge is 0.493 e. The van der Waals surface area contributed by atoms with E-state index in [1.54, 1.807) is 13.0 Å². The molecule has 1 aromatic carbocycles. The molecule has 0 radical (unpaired) electrons. The molecule has 0 aliphatic carbocycles. The number of ether oxygens (including phenoxy) is 1. The molecule has 38 heavy (non-hydrogen) atoms. The molecule has 2 N–H and O–H groups in total. The molecule has 13 heteroatoms. The predicted molar refractivity (Wildman–Crippen MR) is 141 cm³/mol. The molecule has 3 heterocycles. The number of rotatable bonds is 11. The zero-order valence-corrected chi connectivity index (χ0v) is 22.8. The third-order valence-corrected chi connectivity index (χ3v) is 8.45. The normalized spacial score (nSPS) is 15.2. The van der Waals surface area contributed by atoms with Gasteiger partial charge in [-0.3, -0.25) is 9.59 Å². The van der Waals surface area contributed by atoms with Crippen LogP contribution < -0.4 is 10.3 Å². The standard InChI is InChI=1S/C25H34N6O6S/c1-4-7-21-26-17(3)23-25(34)27-24(28-31(21)23)19-16-18(9-10-20(19)37-5-2)38(35,36)30-14-12-29(13-15-30)11-6-8-22(32)33/h9-10,16H,4-8,11-15H2,1-3H3,(H,32,33)(H,27,28,34). The van der Waals surface area contributed by atoms with Gasteiger partial charge in [0.25, 0.3) is 5.56 Å². The fourth-order valence-electron chi connectivity index (χ4n) is 4.68. The molecule has 0 saturated carbocycles. The zero-order valence-electron chi connectivity index (χ0n) is 21.9. The molecule has 0 bridgehead atoms. The van der Waals surface area contributed by atoms with Gasteiger partial charge in [0.1, 0.15) is 11.6 Å². The topological polar surface area (TPSA) is 150 Å². The van der Waals surface area contributed by atoms with E-state index in [9.17, 15) is 18.0 Å². The van der Waals surface area contributed by atoms with E-state index in [2.05, 4.69) is 20.0 Å². The Morgan fingerprint density at radius 2 is 1.92 bits per heavy atom. The highest BCUT2D eigenvalue weighted by Crippen LogP contribution is 2.31. The van der Waals surface area contributed by atoms with Crippen molar-refractivity contribution in [2.45, 2.75) is 51.3 Å². The van der Waals surface area contributed by atoms with Crippen molar-refractivity contribution in [2.75, 3.05) is 39.3 Å². The second-order valence-corrected chi connectivity index (χ2v) is 11.2. The van der Waals surface area contributed by atoms with Crippen LogP contribution in [0.15, 0.2) is 27.9 Å². The number of aliphatic carboxylic acids is 1. The first kappa shape index (κ1) is 27.7. The van der Waals surface area contributed by atoms with Crippen LogP contribution in [0.5, 0.6) is 5.75 Å². The molecule has 0 unspecified atom stereocenters. The monoisotopic (exact) mass is 546 g/mol. The number of nitrogens with zero attached hydrogens (tertiary/aromatic N) is 5. The molecular weight excluding hydrogens is 512 g/mol. The molecule has 1 aliphatic rings. The Hall–Kier alpha value is -3.29. The Morgan fingerprint density at radius 3 is 2.58 bits per heavy atom. The van der Waals surface area contributed by atoms with Gasteiger partial charge in [-0.25, -0.2) is 17.9 Å².